The van der Waals surface area contributed by atoms with Gasteiger partial charge in [0.2, 0.25) is 0 Å². The number of aromatic nitrogens is 6. The lowest BCUT2D eigenvalue weighted by atomic mass is 10.1. The number of nitrogen functional groups attached to an aromatic ring is 1. The van der Waals surface area contributed by atoms with Gasteiger partial charge in [-0.25, -0.2) is 24.5 Å². The molecule has 10 unspecified atom stereocenters. The summed E-state index contributed by atoms with van der Waals surface area (Å²) in [5.41, 5.74) is 7.78. The highest BCUT2D eigenvalue weighted by Crippen LogP contribution is 2.58. The highest BCUT2D eigenvalue weighted by Gasteiger charge is 2.52. The zero-order valence-electron chi connectivity index (χ0n) is 22.3. The third-order valence-electron chi connectivity index (χ3n) is 7.48. The smallest absolute Gasteiger partial charge is 0.386 e. The summed E-state index contributed by atoms with van der Waals surface area (Å²) in [4.78, 5) is 16.7. The number of para-hydroxylation sites is 2. The second-order valence-electron chi connectivity index (χ2n) is 10.3. The standard InChI is InChI=1S/C22H26BN7O10P2S/c23-41(33)35-5-12-15(31)18(22(37-12)30-9-28-14-19(24)25-7-26-20(14)30)40-42(34,43)36-6-13-17(39-41)16(32)21(38-13)29-8-27-10-3-1-2-4-11(10)29/h1-4,7-9,12-13,15-18,21-22,31-32H,5-6,23H2,(H,34,43)(H2,24,25,26). The van der Waals surface area contributed by atoms with Crippen LogP contribution in [-0.4, -0.2) is 96.7 Å². The summed E-state index contributed by atoms with van der Waals surface area (Å²) in [6.07, 6.45) is -5.70. The topological polar surface area (TPSA) is 217 Å². The lowest BCUT2D eigenvalue weighted by molar-refractivity contribution is -0.0575. The molecule has 6 heterocycles. The number of ether oxygens (including phenoxy) is 2. The van der Waals surface area contributed by atoms with Crippen LogP contribution in [0.3, 0.4) is 0 Å². The average Bonchev–Trinajstić information content (AvgIpc) is 3.72. The van der Waals surface area contributed by atoms with Gasteiger partial charge in [0.15, 0.2) is 23.9 Å². The molecule has 43 heavy (non-hydrogen) atoms. The molecule has 228 valence electrons. The van der Waals surface area contributed by atoms with E-state index in [-0.39, 0.29) is 17.0 Å². The molecule has 3 aliphatic heterocycles. The largest absolute Gasteiger partial charge is 0.387 e. The molecule has 0 saturated carbocycles. The summed E-state index contributed by atoms with van der Waals surface area (Å²) in [5, 5.41) is 22.4. The quantitative estimate of drug-likeness (QED) is 0.132. The SMILES string of the molecule is BP1(=O)OCC2OC(n3cnc4c(N)ncnc43)C(OP(=O)(S)OCC3OC(n4cnc5ccccc54)C(O)C3O1)C2O. The number of hydrogen-bond acceptors (Lipinski definition) is 15. The van der Waals surface area contributed by atoms with E-state index in [0.717, 1.165) is 0 Å². The second kappa shape index (κ2) is 10.9. The molecule has 1 aromatic carbocycles. The normalized spacial score (nSPS) is 38.9. The van der Waals surface area contributed by atoms with E-state index in [1.165, 1.54) is 31.1 Å². The molecule has 3 aliphatic rings. The van der Waals surface area contributed by atoms with Crippen molar-refractivity contribution in [2.75, 3.05) is 18.9 Å². The number of fused-ring (bicyclic) bond motifs is 5. The van der Waals surface area contributed by atoms with E-state index in [2.05, 4.69) is 32.2 Å². The maximum atomic E-state index is 13.5. The third-order valence-corrected chi connectivity index (χ3v) is 10.3. The van der Waals surface area contributed by atoms with Crippen LogP contribution >= 0.6 is 26.5 Å². The molecule has 0 aliphatic carbocycles. The van der Waals surface area contributed by atoms with Crippen LogP contribution in [0.15, 0.2) is 43.2 Å². The summed E-state index contributed by atoms with van der Waals surface area (Å²) in [6.45, 7) is -5.13. The molecule has 4 aromatic rings. The van der Waals surface area contributed by atoms with E-state index in [9.17, 15) is 19.3 Å². The molecule has 0 spiro atoms. The average molecular weight is 653 g/mol. The molecule has 3 fully saturated rings. The van der Waals surface area contributed by atoms with Crippen molar-refractivity contribution < 1.29 is 46.9 Å². The van der Waals surface area contributed by atoms with Crippen LogP contribution in [0.25, 0.3) is 22.2 Å². The Morgan fingerprint density at radius 3 is 2.49 bits per heavy atom. The fraction of sp³-hybridized carbons (Fsp3) is 0.455. The number of benzene rings is 1. The van der Waals surface area contributed by atoms with Crippen LogP contribution < -0.4 is 5.73 Å². The molecule has 17 nitrogen and oxygen atoms in total. The Morgan fingerprint density at radius 1 is 0.907 bits per heavy atom. The summed E-state index contributed by atoms with van der Waals surface area (Å²) in [6, 6.07) is 7.23. The summed E-state index contributed by atoms with van der Waals surface area (Å²) >= 11 is 4.14. The molecule has 0 amide bonds. The number of hydrogen-bond donors (Lipinski definition) is 4. The van der Waals surface area contributed by atoms with Crippen LogP contribution in [0.2, 0.25) is 0 Å². The van der Waals surface area contributed by atoms with E-state index in [1.807, 2.05) is 12.1 Å². The van der Waals surface area contributed by atoms with Gasteiger partial charge in [0.05, 0.1) is 36.9 Å². The number of nitrogens with two attached hydrogens (primary N) is 1. The van der Waals surface area contributed by atoms with Gasteiger partial charge in [-0.3, -0.25) is 18.2 Å². The Bertz CT molecular complexity index is 1780. The lowest BCUT2D eigenvalue weighted by Crippen LogP contribution is -2.36. The molecule has 2 bridgehead atoms. The molecule has 0 radical (unpaired) electrons. The predicted molar refractivity (Wildman–Crippen MR) is 154 cm³/mol. The third kappa shape index (κ3) is 5.32. The molecular weight excluding hydrogens is 627 g/mol. The van der Waals surface area contributed by atoms with E-state index < -0.39 is 76.6 Å². The Labute approximate surface area is 249 Å². The molecule has 4 N–H and O–H groups in total. The van der Waals surface area contributed by atoms with Gasteiger partial charge in [-0.05, 0) is 12.1 Å². The summed E-state index contributed by atoms with van der Waals surface area (Å²) < 4.78 is 65.0. The Kier molecular flexibility index (Phi) is 7.42. The second-order valence-corrected chi connectivity index (χ2v) is 15.2. The fourth-order valence-corrected chi connectivity index (χ4v) is 8.10. The van der Waals surface area contributed by atoms with Gasteiger partial charge in [-0.2, -0.15) is 0 Å². The van der Waals surface area contributed by atoms with Crippen LogP contribution in [0, 0.1) is 0 Å². The maximum Gasteiger partial charge on any atom is 0.386 e. The number of thiol groups is 1. The Hall–Kier alpha value is -2.41. The van der Waals surface area contributed by atoms with E-state index in [4.69, 9.17) is 33.3 Å². The highest BCUT2D eigenvalue weighted by atomic mass is 32.7. The molecule has 3 saturated heterocycles. The molecule has 7 rings (SSSR count). The Balaban J connectivity index is 1.20. The minimum absolute atomic E-state index is 0.115. The zero-order chi connectivity index (χ0) is 30.1. The number of imidazole rings is 2. The van der Waals surface area contributed by atoms with Crippen molar-refractivity contribution >= 4 is 62.1 Å². The van der Waals surface area contributed by atoms with Gasteiger partial charge >= 0.3 is 6.80 Å². The first-order chi connectivity index (χ1) is 20.5. The number of rotatable bonds is 2. The lowest BCUT2D eigenvalue weighted by Gasteiger charge is -2.27. The first-order valence-corrected chi connectivity index (χ1v) is 17.8. The fourth-order valence-electron chi connectivity index (χ4n) is 5.46. The minimum Gasteiger partial charge on any atom is -0.387 e. The first-order valence-electron chi connectivity index (χ1n) is 13.1. The summed E-state index contributed by atoms with van der Waals surface area (Å²) in [5.74, 6) is 0.115. The van der Waals surface area contributed by atoms with E-state index >= 15 is 0 Å². The van der Waals surface area contributed by atoms with Crippen molar-refractivity contribution in [2.24, 2.45) is 0 Å². The van der Waals surface area contributed by atoms with Gasteiger partial charge in [0.25, 0.3) is 15.0 Å². The predicted octanol–water partition coefficient (Wildman–Crippen LogP) is 0.571. The van der Waals surface area contributed by atoms with E-state index in [1.54, 1.807) is 16.7 Å². The van der Waals surface area contributed by atoms with Gasteiger partial charge in [0, 0.05) is 0 Å². The van der Waals surface area contributed by atoms with Gasteiger partial charge in [-0.15, -0.1) is 0 Å². The first kappa shape index (κ1) is 29.3. The van der Waals surface area contributed by atoms with Crippen molar-refractivity contribution in [3.05, 3.63) is 43.2 Å². The Morgan fingerprint density at radius 2 is 1.65 bits per heavy atom. The van der Waals surface area contributed by atoms with Crippen molar-refractivity contribution in [3.63, 3.8) is 0 Å². The molecule has 3 aromatic heterocycles. The van der Waals surface area contributed by atoms with Gasteiger partial charge in [-0.1, -0.05) is 24.4 Å². The van der Waals surface area contributed by atoms with Crippen molar-refractivity contribution in [2.45, 2.75) is 49.1 Å². The molecule has 10 atom stereocenters. The maximum absolute atomic E-state index is 13.5. The van der Waals surface area contributed by atoms with Crippen LogP contribution in [-0.2, 0) is 36.7 Å². The van der Waals surface area contributed by atoms with Crippen LogP contribution in [0.5, 0.6) is 0 Å². The summed E-state index contributed by atoms with van der Waals surface area (Å²) in [7, 11) is -2.71. The van der Waals surface area contributed by atoms with Crippen molar-refractivity contribution in [3.8, 4) is 0 Å². The number of anilines is 1. The monoisotopic (exact) mass is 653 g/mol. The van der Waals surface area contributed by atoms with Crippen LogP contribution in [0.4, 0.5) is 5.82 Å². The number of nitrogens with zero attached hydrogens (tertiary/aromatic N) is 6. The van der Waals surface area contributed by atoms with Crippen molar-refractivity contribution in [1.82, 2.24) is 29.1 Å². The van der Waals surface area contributed by atoms with Crippen LogP contribution in [0.1, 0.15) is 12.5 Å². The number of aliphatic hydroxyl groups excluding tert-OH is 2. The van der Waals surface area contributed by atoms with Gasteiger partial charge in [0.1, 0.15) is 48.5 Å². The molecule has 21 heteroatoms. The number of aliphatic hydroxyl groups is 2. The highest BCUT2D eigenvalue weighted by molar-refractivity contribution is 8.44. The van der Waals surface area contributed by atoms with Gasteiger partial charge < -0.3 is 39.0 Å². The molecular formula is C22H26BN7O10P2S. The minimum atomic E-state index is -4.25. The van der Waals surface area contributed by atoms with Crippen molar-refractivity contribution in [1.29, 1.82) is 0 Å². The van der Waals surface area contributed by atoms with E-state index in [0.29, 0.717) is 11.0 Å². The zero-order valence-corrected chi connectivity index (χ0v) is 25.0.